The molecule has 0 atom stereocenters. The lowest BCUT2D eigenvalue weighted by Crippen LogP contribution is -1.80. The summed E-state index contributed by atoms with van der Waals surface area (Å²) in [6.07, 6.45) is 3.05. The van der Waals surface area contributed by atoms with E-state index in [9.17, 15) is 0 Å². The Balaban J connectivity index is 2.51. The lowest BCUT2D eigenvalue weighted by molar-refractivity contribution is 0.566. The van der Waals surface area contributed by atoms with E-state index >= 15 is 0 Å². The Morgan fingerprint density at radius 1 is 1.47 bits per heavy atom. The standard InChI is InChI=1S/C11H6ClNOS/c12-11(8-3-4-14-7-8)9(6-13)10-2-1-5-15-10/h1-5,7H. The second-order valence-electron chi connectivity index (χ2n) is 2.79. The maximum absolute atomic E-state index is 9.05. The van der Waals surface area contributed by atoms with Crippen molar-refractivity contribution in [1.29, 1.82) is 5.26 Å². The van der Waals surface area contributed by atoms with E-state index in [4.69, 9.17) is 21.3 Å². The Hall–Kier alpha value is -1.50. The van der Waals surface area contributed by atoms with Gasteiger partial charge in [0, 0.05) is 10.4 Å². The third kappa shape index (κ3) is 1.96. The summed E-state index contributed by atoms with van der Waals surface area (Å²) in [5, 5.41) is 11.4. The fourth-order valence-electron chi connectivity index (χ4n) is 1.17. The maximum Gasteiger partial charge on any atom is 0.102 e. The van der Waals surface area contributed by atoms with E-state index in [2.05, 4.69) is 6.07 Å². The first-order valence-corrected chi connectivity index (χ1v) is 5.45. The highest BCUT2D eigenvalue weighted by Gasteiger charge is 2.10. The Kier molecular flexibility index (Phi) is 2.91. The molecule has 0 saturated heterocycles. The third-order valence-electron chi connectivity index (χ3n) is 1.87. The molecule has 0 fully saturated rings. The molecular formula is C11H6ClNOS. The van der Waals surface area contributed by atoms with Gasteiger partial charge in [0.25, 0.3) is 0 Å². The summed E-state index contributed by atoms with van der Waals surface area (Å²) >= 11 is 7.59. The van der Waals surface area contributed by atoms with Gasteiger partial charge in [-0.05, 0) is 17.5 Å². The van der Waals surface area contributed by atoms with Crippen LogP contribution in [0, 0.1) is 11.3 Å². The van der Waals surface area contributed by atoms with Gasteiger partial charge < -0.3 is 4.42 Å². The van der Waals surface area contributed by atoms with Crippen molar-refractivity contribution in [3.05, 3.63) is 46.5 Å². The highest BCUT2D eigenvalue weighted by Crippen LogP contribution is 2.31. The summed E-state index contributed by atoms with van der Waals surface area (Å²) in [6, 6.07) is 7.59. The van der Waals surface area contributed by atoms with Crippen LogP contribution in [0.3, 0.4) is 0 Å². The van der Waals surface area contributed by atoms with Gasteiger partial charge in [0.2, 0.25) is 0 Å². The fraction of sp³-hybridized carbons (Fsp3) is 0. The van der Waals surface area contributed by atoms with Crippen molar-refractivity contribution in [2.24, 2.45) is 0 Å². The molecule has 0 aromatic carbocycles. The summed E-state index contributed by atoms with van der Waals surface area (Å²) in [4.78, 5) is 0.865. The Morgan fingerprint density at radius 3 is 2.87 bits per heavy atom. The van der Waals surface area contributed by atoms with E-state index in [0.717, 1.165) is 10.4 Å². The summed E-state index contributed by atoms with van der Waals surface area (Å²) in [5.74, 6) is 0. The molecule has 0 amide bonds. The number of hydrogen-bond acceptors (Lipinski definition) is 3. The van der Waals surface area contributed by atoms with Crippen molar-refractivity contribution >= 4 is 33.5 Å². The molecule has 2 aromatic rings. The average molecular weight is 236 g/mol. The molecule has 0 aliphatic carbocycles. The molecule has 0 saturated carbocycles. The number of halogens is 1. The zero-order valence-electron chi connectivity index (χ0n) is 7.61. The summed E-state index contributed by atoms with van der Waals surface area (Å²) in [7, 11) is 0. The van der Waals surface area contributed by atoms with E-state index in [1.165, 1.54) is 23.9 Å². The minimum Gasteiger partial charge on any atom is -0.472 e. The first-order valence-electron chi connectivity index (χ1n) is 4.19. The van der Waals surface area contributed by atoms with E-state index in [1.54, 1.807) is 6.07 Å². The monoisotopic (exact) mass is 235 g/mol. The van der Waals surface area contributed by atoms with Crippen LogP contribution in [-0.4, -0.2) is 0 Å². The van der Waals surface area contributed by atoms with E-state index < -0.39 is 0 Å². The van der Waals surface area contributed by atoms with E-state index in [1.807, 2.05) is 17.5 Å². The van der Waals surface area contributed by atoms with Crippen LogP contribution in [0.15, 0.2) is 40.5 Å². The maximum atomic E-state index is 9.05. The predicted octanol–water partition coefficient (Wildman–Crippen LogP) is 3.97. The number of allylic oxidation sites excluding steroid dienone is 1. The molecule has 0 unspecified atom stereocenters. The second-order valence-corrected chi connectivity index (χ2v) is 4.12. The summed E-state index contributed by atoms with van der Waals surface area (Å²) in [5.41, 5.74) is 1.20. The average Bonchev–Trinajstić information content (AvgIpc) is 2.91. The van der Waals surface area contributed by atoms with Gasteiger partial charge in [-0.2, -0.15) is 5.26 Å². The molecule has 15 heavy (non-hydrogen) atoms. The molecule has 4 heteroatoms. The van der Waals surface area contributed by atoms with Gasteiger partial charge in [-0.15, -0.1) is 11.3 Å². The van der Waals surface area contributed by atoms with Gasteiger partial charge in [0.1, 0.15) is 6.07 Å². The van der Waals surface area contributed by atoms with E-state index in [0.29, 0.717) is 10.6 Å². The molecule has 0 radical (unpaired) electrons. The topological polar surface area (TPSA) is 36.9 Å². The smallest absolute Gasteiger partial charge is 0.102 e. The highest BCUT2D eigenvalue weighted by molar-refractivity contribution is 7.11. The lowest BCUT2D eigenvalue weighted by atomic mass is 10.1. The molecule has 0 aliphatic heterocycles. The molecule has 74 valence electrons. The minimum atomic E-state index is 0.425. The zero-order chi connectivity index (χ0) is 10.7. The van der Waals surface area contributed by atoms with Crippen LogP contribution >= 0.6 is 22.9 Å². The molecule has 2 nitrogen and oxygen atoms in total. The van der Waals surface area contributed by atoms with Gasteiger partial charge in [-0.25, -0.2) is 0 Å². The van der Waals surface area contributed by atoms with Gasteiger partial charge in [-0.3, -0.25) is 0 Å². The Bertz CT molecular complexity index is 505. The highest BCUT2D eigenvalue weighted by atomic mass is 35.5. The van der Waals surface area contributed by atoms with Gasteiger partial charge >= 0.3 is 0 Å². The van der Waals surface area contributed by atoms with E-state index in [-0.39, 0.29) is 0 Å². The molecule has 2 rings (SSSR count). The van der Waals surface area contributed by atoms with Crippen molar-refractivity contribution < 1.29 is 4.42 Å². The molecule has 2 aromatic heterocycles. The number of thiophene rings is 1. The number of nitriles is 1. The van der Waals surface area contributed by atoms with Crippen molar-refractivity contribution in [3.63, 3.8) is 0 Å². The van der Waals surface area contributed by atoms with Gasteiger partial charge in [0.05, 0.1) is 23.1 Å². The second kappa shape index (κ2) is 4.35. The van der Waals surface area contributed by atoms with Gasteiger partial charge in [0.15, 0.2) is 0 Å². The number of rotatable bonds is 2. The number of nitrogens with zero attached hydrogens (tertiary/aromatic N) is 1. The van der Waals surface area contributed by atoms with Crippen LogP contribution in [0.1, 0.15) is 10.4 Å². The van der Waals surface area contributed by atoms with Crippen LogP contribution < -0.4 is 0 Å². The van der Waals surface area contributed by atoms with Crippen LogP contribution in [-0.2, 0) is 0 Å². The Morgan fingerprint density at radius 2 is 2.33 bits per heavy atom. The minimum absolute atomic E-state index is 0.425. The lowest BCUT2D eigenvalue weighted by Gasteiger charge is -1.97. The van der Waals surface area contributed by atoms with Crippen LogP contribution in [0.2, 0.25) is 0 Å². The van der Waals surface area contributed by atoms with Crippen molar-refractivity contribution in [3.8, 4) is 6.07 Å². The molecule has 0 aliphatic rings. The Labute approximate surface area is 96.0 Å². The number of hydrogen-bond donors (Lipinski definition) is 0. The molecule has 0 spiro atoms. The van der Waals surface area contributed by atoms with Crippen LogP contribution in [0.5, 0.6) is 0 Å². The fourth-order valence-corrected chi connectivity index (χ4v) is 2.20. The van der Waals surface area contributed by atoms with Crippen molar-refractivity contribution in [2.75, 3.05) is 0 Å². The summed E-state index contributed by atoms with van der Waals surface area (Å²) in [6.45, 7) is 0. The van der Waals surface area contributed by atoms with Crippen LogP contribution in [0.25, 0.3) is 10.6 Å². The number of furan rings is 1. The van der Waals surface area contributed by atoms with Crippen LogP contribution in [0.4, 0.5) is 0 Å². The molecule has 0 N–H and O–H groups in total. The first-order chi connectivity index (χ1) is 7.33. The normalized spacial score (nSPS) is 12.0. The zero-order valence-corrected chi connectivity index (χ0v) is 9.18. The van der Waals surface area contributed by atoms with Crippen molar-refractivity contribution in [1.82, 2.24) is 0 Å². The predicted molar refractivity (Wildman–Crippen MR) is 61.3 cm³/mol. The molecule has 2 heterocycles. The van der Waals surface area contributed by atoms with Gasteiger partial charge in [-0.1, -0.05) is 17.7 Å². The molecule has 0 bridgehead atoms. The largest absolute Gasteiger partial charge is 0.472 e. The quantitative estimate of drug-likeness (QED) is 0.739. The SMILES string of the molecule is N#CC(=C(Cl)c1ccoc1)c1cccs1. The first kappa shape index (κ1) is 10.0. The van der Waals surface area contributed by atoms with Crippen molar-refractivity contribution in [2.45, 2.75) is 0 Å². The molecular weight excluding hydrogens is 230 g/mol. The third-order valence-corrected chi connectivity index (χ3v) is 3.17. The summed E-state index contributed by atoms with van der Waals surface area (Å²) < 4.78 is 4.92.